The Morgan fingerprint density at radius 2 is 2.40 bits per heavy atom. The van der Waals surface area contributed by atoms with E-state index < -0.39 is 0 Å². The Labute approximate surface area is 116 Å². The van der Waals surface area contributed by atoms with E-state index in [9.17, 15) is 4.79 Å². The van der Waals surface area contributed by atoms with Gasteiger partial charge in [0.15, 0.2) is 5.65 Å². The van der Waals surface area contributed by atoms with E-state index in [4.69, 9.17) is 9.84 Å². The Hall–Kier alpha value is -1.70. The van der Waals surface area contributed by atoms with E-state index in [1.807, 2.05) is 6.92 Å². The Kier molecular flexibility index (Phi) is 4.53. The number of aromatic nitrogens is 3. The standard InChI is InChI=1S/C13H20N4O3/c1-13(4-6-18,9-20-2)14-8-10-7-12(19)17-11(16-10)3-5-15-17/h3,5,7,14-15,18H,4,6,8-9H2,1-2H3. The molecule has 1 atom stereocenters. The molecule has 0 aliphatic heterocycles. The summed E-state index contributed by atoms with van der Waals surface area (Å²) in [5.41, 5.74) is 0.751. The Bertz CT molecular complexity index is 613. The second kappa shape index (κ2) is 6.17. The number of aliphatic hydroxyl groups is 1. The van der Waals surface area contributed by atoms with Gasteiger partial charge < -0.3 is 15.2 Å². The van der Waals surface area contributed by atoms with Crippen molar-refractivity contribution in [1.29, 1.82) is 0 Å². The molecular weight excluding hydrogens is 260 g/mol. The molecule has 0 aliphatic carbocycles. The molecule has 7 heteroatoms. The summed E-state index contributed by atoms with van der Waals surface area (Å²) in [4.78, 5) is 16.2. The number of ether oxygens (including phenoxy) is 1. The zero-order valence-electron chi connectivity index (χ0n) is 11.7. The van der Waals surface area contributed by atoms with E-state index in [1.54, 1.807) is 19.4 Å². The van der Waals surface area contributed by atoms with Crippen molar-refractivity contribution in [1.82, 2.24) is 19.9 Å². The van der Waals surface area contributed by atoms with Gasteiger partial charge >= 0.3 is 0 Å². The Balaban J connectivity index is 2.13. The molecule has 20 heavy (non-hydrogen) atoms. The molecule has 0 saturated carbocycles. The molecule has 0 saturated heterocycles. The normalized spacial score (nSPS) is 14.6. The number of nitrogens with zero attached hydrogens (tertiary/aromatic N) is 2. The first-order valence-electron chi connectivity index (χ1n) is 6.49. The summed E-state index contributed by atoms with van der Waals surface area (Å²) in [5.74, 6) is 0. The van der Waals surface area contributed by atoms with Crippen molar-refractivity contribution in [3.8, 4) is 0 Å². The fraction of sp³-hybridized carbons (Fsp3) is 0.538. The molecular formula is C13H20N4O3. The number of rotatable bonds is 7. The minimum absolute atomic E-state index is 0.0692. The summed E-state index contributed by atoms with van der Waals surface area (Å²) in [6.45, 7) is 2.95. The minimum atomic E-state index is -0.353. The lowest BCUT2D eigenvalue weighted by Crippen LogP contribution is -2.46. The zero-order chi connectivity index (χ0) is 14.6. The second-order valence-corrected chi connectivity index (χ2v) is 5.06. The van der Waals surface area contributed by atoms with Crippen LogP contribution < -0.4 is 10.9 Å². The van der Waals surface area contributed by atoms with Gasteiger partial charge in [0.2, 0.25) is 0 Å². The van der Waals surface area contributed by atoms with Crippen LogP contribution in [0.15, 0.2) is 23.1 Å². The molecule has 0 fully saturated rings. The second-order valence-electron chi connectivity index (χ2n) is 5.06. The van der Waals surface area contributed by atoms with E-state index in [0.29, 0.717) is 30.9 Å². The smallest absolute Gasteiger partial charge is 0.272 e. The molecule has 0 amide bonds. The molecule has 0 spiro atoms. The van der Waals surface area contributed by atoms with Crippen molar-refractivity contribution in [2.45, 2.75) is 25.4 Å². The lowest BCUT2D eigenvalue weighted by molar-refractivity contribution is 0.0967. The summed E-state index contributed by atoms with van der Waals surface area (Å²) >= 11 is 0. The lowest BCUT2D eigenvalue weighted by Gasteiger charge is -2.29. The average Bonchev–Trinajstić information content (AvgIpc) is 2.86. The van der Waals surface area contributed by atoms with Gasteiger partial charge in [0.25, 0.3) is 5.56 Å². The minimum Gasteiger partial charge on any atom is -0.396 e. The van der Waals surface area contributed by atoms with Gasteiger partial charge in [0.05, 0.1) is 12.3 Å². The van der Waals surface area contributed by atoms with Crippen LogP contribution in [0.1, 0.15) is 19.0 Å². The van der Waals surface area contributed by atoms with Gasteiger partial charge in [-0.2, -0.15) is 0 Å². The van der Waals surface area contributed by atoms with E-state index in [1.165, 1.54) is 10.6 Å². The topological polar surface area (TPSA) is 91.6 Å². The maximum absolute atomic E-state index is 11.8. The third-order valence-electron chi connectivity index (χ3n) is 3.26. The zero-order valence-corrected chi connectivity index (χ0v) is 11.7. The molecule has 2 aromatic heterocycles. The quantitative estimate of drug-likeness (QED) is 0.659. The summed E-state index contributed by atoms with van der Waals surface area (Å²) < 4.78 is 6.55. The Morgan fingerprint density at radius 1 is 1.60 bits per heavy atom. The highest BCUT2D eigenvalue weighted by Crippen LogP contribution is 2.10. The highest BCUT2D eigenvalue weighted by molar-refractivity contribution is 5.36. The summed E-state index contributed by atoms with van der Waals surface area (Å²) in [6, 6.07) is 3.23. The van der Waals surface area contributed by atoms with Crippen molar-refractivity contribution in [3.05, 3.63) is 34.4 Å². The van der Waals surface area contributed by atoms with Crippen molar-refractivity contribution in [2.24, 2.45) is 0 Å². The first kappa shape index (κ1) is 14.7. The first-order valence-corrected chi connectivity index (χ1v) is 6.49. The number of hydrogen-bond donors (Lipinski definition) is 3. The SMILES string of the molecule is COCC(C)(CCO)NCc1cc(=O)n2[nH]ccc2n1. The maximum atomic E-state index is 11.8. The van der Waals surface area contributed by atoms with Crippen LogP contribution in [0.25, 0.3) is 5.65 Å². The van der Waals surface area contributed by atoms with Crippen LogP contribution in [0, 0.1) is 0 Å². The van der Waals surface area contributed by atoms with Gasteiger partial charge in [0.1, 0.15) is 0 Å². The van der Waals surface area contributed by atoms with Gasteiger partial charge in [-0.15, -0.1) is 0 Å². The predicted molar refractivity (Wildman–Crippen MR) is 74.6 cm³/mol. The van der Waals surface area contributed by atoms with Gasteiger partial charge in [-0.3, -0.25) is 9.89 Å². The molecule has 0 aromatic carbocycles. The van der Waals surface area contributed by atoms with Crippen LogP contribution in [0.3, 0.4) is 0 Å². The number of aliphatic hydroxyl groups excluding tert-OH is 1. The molecule has 2 rings (SSSR count). The van der Waals surface area contributed by atoms with Crippen molar-refractivity contribution < 1.29 is 9.84 Å². The van der Waals surface area contributed by atoms with Gasteiger partial charge in [-0.25, -0.2) is 9.50 Å². The maximum Gasteiger partial charge on any atom is 0.272 e. The monoisotopic (exact) mass is 280 g/mol. The fourth-order valence-corrected chi connectivity index (χ4v) is 2.15. The molecule has 3 N–H and O–H groups in total. The van der Waals surface area contributed by atoms with E-state index >= 15 is 0 Å². The largest absolute Gasteiger partial charge is 0.396 e. The first-order chi connectivity index (χ1) is 9.58. The third kappa shape index (κ3) is 3.24. The van der Waals surface area contributed by atoms with Crippen LogP contribution in [0.4, 0.5) is 0 Å². The molecule has 2 aromatic rings. The number of nitrogens with one attached hydrogen (secondary N) is 2. The van der Waals surface area contributed by atoms with Crippen LogP contribution in [0.5, 0.6) is 0 Å². The summed E-state index contributed by atoms with van der Waals surface area (Å²) in [7, 11) is 1.62. The molecule has 110 valence electrons. The number of aromatic amines is 1. The van der Waals surface area contributed by atoms with Crippen LogP contribution in [0.2, 0.25) is 0 Å². The predicted octanol–water partition coefficient (Wildman–Crippen LogP) is -0.100. The van der Waals surface area contributed by atoms with Crippen molar-refractivity contribution in [3.63, 3.8) is 0 Å². The lowest BCUT2D eigenvalue weighted by atomic mass is 9.99. The van der Waals surface area contributed by atoms with Crippen molar-refractivity contribution in [2.75, 3.05) is 20.3 Å². The van der Waals surface area contributed by atoms with E-state index in [0.717, 1.165) is 0 Å². The number of methoxy groups -OCH3 is 1. The summed E-state index contributed by atoms with van der Waals surface area (Å²) in [6.07, 6.45) is 2.23. The Morgan fingerprint density at radius 3 is 3.10 bits per heavy atom. The number of fused-ring (bicyclic) bond motifs is 1. The summed E-state index contributed by atoms with van der Waals surface area (Å²) in [5, 5.41) is 15.2. The molecule has 0 aliphatic rings. The van der Waals surface area contributed by atoms with Crippen LogP contribution in [-0.4, -0.2) is 45.6 Å². The van der Waals surface area contributed by atoms with Crippen LogP contribution >= 0.6 is 0 Å². The van der Waals surface area contributed by atoms with Gasteiger partial charge in [-0.05, 0) is 13.3 Å². The number of hydrogen-bond acceptors (Lipinski definition) is 5. The average molecular weight is 280 g/mol. The molecule has 2 heterocycles. The third-order valence-corrected chi connectivity index (χ3v) is 3.26. The molecule has 7 nitrogen and oxygen atoms in total. The molecule has 0 radical (unpaired) electrons. The highest BCUT2D eigenvalue weighted by Gasteiger charge is 2.23. The van der Waals surface area contributed by atoms with Crippen molar-refractivity contribution >= 4 is 5.65 Å². The fourth-order valence-electron chi connectivity index (χ4n) is 2.15. The van der Waals surface area contributed by atoms with Gasteiger partial charge in [-0.1, -0.05) is 0 Å². The van der Waals surface area contributed by atoms with Crippen LogP contribution in [-0.2, 0) is 11.3 Å². The van der Waals surface area contributed by atoms with Gasteiger partial charge in [0, 0.05) is 44.1 Å². The van der Waals surface area contributed by atoms with E-state index in [2.05, 4.69) is 15.4 Å². The highest BCUT2D eigenvalue weighted by atomic mass is 16.5. The molecule has 1 unspecified atom stereocenters. The van der Waals surface area contributed by atoms with E-state index in [-0.39, 0.29) is 17.7 Å². The number of H-pyrrole nitrogens is 1. The molecule has 0 bridgehead atoms.